The summed E-state index contributed by atoms with van der Waals surface area (Å²) in [6, 6.07) is 5.50. The zero-order valence-electron chi connectivity index (χ0n) is 12.4. The molecule has 1 aliphatic rings. The number of ether oxygens (including phenoxy) is 2. The molecular formula is C16H23NO4. The molecule has 2 N–H and O–H groups in total. The number of hydrogen-bond donors (Lipinski definition) is 2. The molecule has 1 aromatic carbocycles. The first-order valence-electron chi connectivity index (χ1n) is 7.51. The molecule has 1 fully saturated rings. The van der Waals surface area contributed by atoms with E-state index in [0.29, 0.717) is 24.1 Å². The van der Waals surface area contributed by atoms with Crippen LogP contribution < -0.4 is 14.8 Å². The third-order valence-electron chi connectivity index (χ3n) is 3.57. The van der Waals surface area contributed by atoms with Crippen molar-refractivity contribution in [1.82, 2.24) is 5.32 Å². The van der Waals surface area contributed by atoms with E-state index in [4.69, 9.17) is 14.6 Å². The van der Waals surface area contributed by atoms with Crippen LogP contribution in [0.5, 0.6) is 11.5 Å². The first-order chi connectivity index (χ1) is 10.2. The Morgan fingerprint density at radius 3 is 2.71 bits per heavy atom. The van der Waals surface area contributed by atoms with Crippen LogP contribution in [-0.4, -0.2) is 30.3 Å². The summed E-state index contributed by atoms with van der Waals surface area (Å²) >= 11 is 0. The topological polar surface area (TPSA) is 67.8 Å². The number of hydrogen-bond acceptors (Lipinski definition) is 4. The maximum atomic E-state index is 11.8. The Morgan fingerprint density at radius 1 is 1.29 bits per heavy atom. The highest BCUT2D eigenvalue weighted by Crippen LogP contribution is 2.28. The van der Waals surface area contributed by atoms with Crippen molar-refractivity contribution in [2.75, 3.05) is 13.2 Å². The summed E-state index contributed by atoms with van der Waals surface area (Å²) in [5, 5.41) is 12.1. The van der Waals surface area contributed by atoms with E-state index in [2.05, 4.69) is 5.32 Å². The lowest BCUT2D eigenvalue weighted by atomic mass is 10.2. The Balaban J connectivity index is 1.90. The van der Waals surface area contributed by atoms with Gasteiger partial charge in [0.2, 0.25) is 0 Å². The maximum absolute atomic E-state index is 11.8. The highest BCUT2D eigenvalue weighted by atomic mass is 16.5. The fourth-order valence-electron chi connectivity index (χ4n) is 2.52. The lowest BCUT2D eigenvalue weighted by Gasteiger charge is -2.15. The summed E-state index contributed by atoms with van der Waals surface area (Å²) in [7, 11) is 0. The van der Waals surface area contributed by atoms with Crippen LogP contribution in [0.2, 0.25) is 0 Å². The summed E-state index contributed by atoms with van der Waals surface area (Å²) in [6.45, 7) is 2.30. The molecule has 0 spiro atoms. The summed E-state index contributed by atoms with van der Waals surface area (Å²) in [5.74, 6) is 0.976. The van der Waals surface area contributed by atoms with E-state index >= 15 is 0 Å². The molecular weight excluding hydrogens is 270 g/mol. The van der Waals surface area contributed by atoms with Gasteiger partial charge >= 0.3 is 0 Å². The van der Waals surface area contributed by atoms with Gasteiger partial charge in [0, 0.05) is 6.04 Å². The zero-order chi connectivity index (χ0) is 15.1. The molecule has 5 heteroatoms. The smallest absolute Gasteiger partial charge is 0.258 e. The van der Waals surface area contributed by atoms with Gasteiger partial charge in [-0.05, 0) is 37.5 Å². The number of nitrogens with one attached hydrogen (secondary N) is 1. The minimum atomic E-state index is -0.101. The van der Waals surface area contributed by atoms with Crippen LogP contribution in [0.4, 0.5) is 0 Å². The van der Waals surface area contributed by atoms with E-state index in [9.17, 15) is 4.79 Å². The van der Waals surface area contributed by atoms with Gasteiger partial charge in [-0.1, -0.05) is 18.9 Å². The third kappa shape index (κ3) is 4.63. The van der Waals surface area contributed by atoms with E-state index in [0.717, 1.165) is 18.4 Å². The molecule has 0 unspecified atom stereocenters. The second kappa shape index (κ2) is 7.88. The highest BCUT2D eigenvalue weighted by molar-refractivity contribution is 5.78. The molecule has 116 valence electrons. The summed E-state index contributed by atoms with van der Waals surface area (Å²) < 4.78 is 11.0. The second-order valence-electron chi connectivity index (χ2n) is 5.21. The van der Waals surface area contributed by atoms with Gasteiger partial charge in [-0.15, -0.1) is 0 Å². The van der Waals surface area contributed by atoms with Gasteiger partial charge in [0.1, 0.15) is 0 Å². The van der Waals surface area contributed by atoms with Crippen LogP contribution >= 0.6 is 0 Å². The fraction of sp³-hybridized carbons (Fsp3) is 0.562. The summed E-state index contributed by atoms with van der Waals surface area (Å²) in [5.41, 5.74) is 0.751. The highest BCUT2D eigenvalue weighted by Gasteiger charge is 2.17. The Hall–Kier alpha value is -1.75. The van der Waals surface area contributed by atoms with E-state index < -0.39 is 0 Å². The Labute approximate surface area is 125 Å². The summed E-state index contributed by atoms with van der Waals surface area (Å²) in [6.07, 6.45) is 4.48. The third-order valence-corrected chi connectivity index (χ3v) is 3.57. The number of carbonyl (C=O) groups excluding carboxylic acids is 1. The normalized spacial score (nSPS) is 15.0. The molecule has 0 aliphatic heterocycles. The predicted octanol–water partition coefficient (Wildman–Crippen LogP) is 2.02. The van der Waals surface area contributed by atoms with Crippen molar-refractivity contribution in [3.05, 3.63) is 23.8 Å². The largest absolute Gasteiger partial charge is 0.490 e. The SMILES string of the molecule is CCOc1cc(CO)ccc1OCC(=O)NC1CCCC1. The number of aliphatic hydroxyl groups is 1. The van der Waals surface area contributed by atoms with Crippen LogP contribution in [0.3, 0.4) is 0 Å². The minimum absolute atomic E-state index is 0.0188. The quantitative estimate of drug-likeness (QED) is 0.807. The van der Waals surface area contributed by atoms with Crippen molar-refractivity contribution in [3.63, 3.8) is 0 Å². The first-order valence-corrected chi connectivity index (χ1v) is 7.51. The molecule has 1 amide bonds. The molecule has 5 nitrogen and oxygen atoms in total. The van der Waals surface area contributed by atoms with Crippen LogP contribution in [0, 0.1) is 0 Å². The van der Waals surface area contributed by atoms with E-state index in [1.165, 1.54) is 12.8 Å². The first kappa shape index (κ1) is 15.6. The molecule has 0 heterocycles. The molecule has 1 aromatic rings. The van der Waals surface area contributed by atoms with E-state index in [1.807, 2.05) is 6.92 Å². The van der Waals surface area contributed by atoms with Crippen molar-refractivity contribution in [1.29, 1.82) is 0 Å². The predicted molar refractivity (Wildman–Crippen MR) is 79.4 cm³/mol. The number of amides is 1. The minimum Gasteiger partial charge on any atom is -0.490 e. The molecule has 0 aromatic heterocycles. The lowest BCUT2D eigenvalue weighted by Crippen LogP contribution is -2.36. The van der Waals surface area contributed by atoms with Crippen molar-refractivity contribution in [2.24, 2.45) is 0 Å². The summed E-state index contributed by atoms with van der Waals surface area (Å²) in [4.78, 5) is 11.8. The Kier molecular flexibility index (Phi) is 5.87. The van der Waals surface area contributed by atoms with Gasteiger partial charge in [-0.3, -0.25) is 4.79 Å². The molecule has 0 bridgehead atoms. The standard InChI is InChI=1S/C16H23NO4/c1-2-20-15-9-12(10-18)7-8-14(15)21-11-16(19)17-13-5-3-4-6-13/h7-9,13,18H,2-6,10-11H2,1H3,(H,17,19). The number of rotatable bonds is 7. The monoisotopic (exact) mass is 293 g/mol. The molecule has 1 saturated carbocycles. The maximum Gasteiger partial charge on any atom is 0.258 e. The van der Waals surface area contributed by atoms with Gasteiger partial charge in [-0.2, -0.15) is 0 Å². The Morgan fingerprint density at radius 2 is 2.05 bits per heavy atom. The average molecular weight is 293 g/mol. The van der Waals surface area contributed by atoms with Crippen molar-refractivity contribution < 1.29 is 19.4 Å². The van der Waals surface area contributed by atoms with Gasteiger partial charge < -0.3 is 19.9 Å². The molecule has 1 aliphatic carbocycles. The fourth-order valence-corrected chi connectivity index (χ4v) is 2.52. The Bertz CT molecular complexity index is 469. The van der Waals surface area contributed by atoms with E-state index in [-0.39, 0.29) is 19.1 Å². The number of carbonyl (C=O) groups is 1. The van der Waals surface area contributed by atoms with Crippen LogP contribution in [0.25, 0.3) is 0 Å². The van der Waals surface area contributed by atoms with Crippen molar-refractivity contribution in [3.8, 4) is 11.5 Å². The van der Waals surface area contributed by atoms with Gasteiger partial charge in [0.05, 0.1) is 13.2 Å². The van der Waals surface area contributed by atoms with Crippen LogP contribution in [0.1, 0.15) is 38.2 Å². The van der Waals surface area contributed by atoms with Gasteiger partial charge in [0.15, 0.2) is 18.1 Å². The van der Waals surface area contributed by atoms with Crippen molar-refractivity contribution in [2.45, 2.75) is 45.3 Å². The van der Waals surface area contributed by atoms with E-state index in [1.54, 1.807) is 18.2 Å². The van der Waals surface area contributed by atoms with Gasteiger partial charge in [0.25, 0.3) is 5.91 Å². The van der Waals surface area contributed by atoms with Crippen molar-refractivity contribution >= 4 is 5.91 Å². The molecule has 0 radical (unpaired) electrons. The average Bonchev–Trinajstić information content (AvgIpc) is 2.99. The number of aliphatic hydroxyl groups excluding tert-OH is 1. The zero-order valence-corrected chi connectivity index (χ0v) is 12.4. The lowest BCUT2D eigenvalue weighted by molar-refractivity contribution is -0.123. The molecule has 2 rings (SSSR count). The van der Waals surface area contributed by atoms with Crippen LogP contribution in [-0.2, 0) is 11.4 Å². The number of benzene rings is 1. The molecule has 0 atom stereocenters. The molecule has 0 saturated heterocycles. The van der Waals surface area contributed by atoms with Crippen LogP contribution in [0.15, 0.2) is 18.2 Å². The van der Waals surface area contributed by atoms with Gasteiger partial charge in [-0.25, -0.2) is 0 Å². The second-order valence-corrected chi connectivity index (χ2v) is 5.21. The molecule has 21 heavy (non-hydrogen) atoms.